The summed E-state index contributed by atoms with van der Waals surface area (Å²) >= 11 is 0.946. The van der Waals surface area contributed by atoms with Gasteiger partial charge in [0.25, 0.3) is 0 Å². The molecule has 36 heavy (non-hydrogen) atoms. The van der Waals surface area contributed by atoms with Gasteiger partial charge < -0.3 is 15.8 Å². The van der Waals surface area contributed by atoms with Gasteiger partial charge in [-0.05, 0) is 43.7 Å². The van der Waals surface area contributed by atoms with Crippen molar-refractivity contribution in [2.75, 3.05) is 30.0 Å². The molecule has 1 saturated carbocycles. The van der Waals surface area contributed by atoms with Crippen molar-refractivity contribution in [2.45, 2.75) is 45.6 Å². The second kappa shape index (κ2) is 12.1. The van der Waals surface area contributed by atoms with Gasteiger partial charge in [-0.25, -0.2) is 26.9 Å². The number of thiazole rings is 1. The average molecular weight is 545 g/mol. The molecule has 13 heteroatoms. The highest BCUT2D eigenvalue weighted by Gasteiger charge is 2.27. The van der Waals surface area contributed by atoms with Crippen LogP contribution in [0.5, 0.6) is 0 Å². The summed E-state index contributed by atoms with van der Waals surface area (Å²) in [5.74, 6) is -3.59. The lowest BCUT2D eigenvalue weighted by atomic mass is 9.86. The molecule has 1 heterocycles. The molecule has 0 unspecified atom stereocenters. The number of nitrogens with one attached hydrogen (secondary N) is 2. The first kappa shape index (κ1) is 27.9. The van der Waals surface area contributed by atoms with E-state index in [4.69, 9.17) is 10.5 Å². The Morgan fingerprint density at radius 1 is 1.22 bits per heavy atom. The molecular weight excluding hydrogens is 514 g/mol. The van der Waals surface area contributed by atoms with Gasteiger partial charge in [-0.1, -0.05) is 24.3 Å². The number of nitrogens with two attached hydrogens (primary N) is 1. The molecule has 3 rings (SSSR count). The van der Waals surface area contributed by atoms with E-state index in [-0.39, 0.29) is 40.9 Å². The molecule has 0 aliphatic heterocycles. The molecule has 1 atom stereocenters. The first-order valence-electron chi connectivity index (χ1n) is 11.6. The van der Waals surface area contributed by atoms with E-state index in [9.17, 15) is 26.8 Å². The fourth-order valence-electron chi connectivity index (χ4n) is 4.06. The number of halogens is 2. The minimum absolute atomic E-state index is 0.0347. The summed E-state index contributed by atoms with van der Waals surface area (Å²) in [7, 11) is -3.49. The monoisotopic (exact) mass is 544 g/mol. The number of carbonyl (C=O) groups excluding carboxylic acids is 2. The standard InChI is InChI=1S/C23H30F2N4O5S2/c1-13(11-34-14(2)30)12-36(32,33)27-10-15-6-8-16(9-7-15)28-23-29-22(26)21(35-23)20(31)19-17(24)4-3-5-18(19)25/h3-5,13,15-16,27H,6-12,26H2,1-2H3,(H,28,29)/t13-,15?,16?/m1/s1. The van der Waals surface area contributed by atoms with Crippen LogP contribution in [0.4, 0.5) is 19.7 Å². The highest BCUT2D eigenvalue weighted by molar-refractivity contribution is 7.89. The molecule has 1 aliphatic rings. The van der Waals surface area contributed by atoms with E-state index in [1.807, 2.05) is 0 Å². The van der Waals surface area contributed by atoms with Gasteiger partial charge in [-0.2, -0.15) is 0 Å². The summed E-state index contributed by atoms with van der Waals surface area (Å²) in [5, 5.41) is 3.61. The Kier molecular flexibility index (Phi) is 9.36. The smallest absolute Gasteiger partial charge is 0.302 e. The third-order valence-electron chi connectivity index (χ3n) is 5.89. The fourth-order valence-corrected chi connectivity index (χ4v) is 6.42. The van der Waals surface area contributed by atoms with E-state index in [0.717, 1.165) is 49.2 Å². The van der Waals surface area contributed by atoms with E-state index in [2.05, 4.69) is 15.0 Å². The van der Waals surface area contributed by atoms with Crippen molar-refractivity contribution >= 4 is 44.1 Å². The minimum atomic E-state index is -3.49. The summed E-state index contributed by atoms with van der Waals surface area (Å²) in [6.07, 6.45) is 3.05. The number of nitrogen functional groups attached to an aromatic ring is 1. The molecule has 1 aromatic carbocycles. The van der Waals surface area contributed by atoms with Crippen LogP contribution in [0.3, 0.4) is 0 Å². The number of ketones is 1. The second-order valence-electron chi connectivity index (χ2n) is 9.06. The Hall–Kier alpha value is -2.64. The van der Waals surface area contributed by atoms with E-state index in [0.29, 0.717) is 11.7 Å². The van der Waals surface area contributed by atoms with Gasteiger partial charge in [0.15, 0.2) is 5.13 Å². The zero-order valence-corrected chi connectivity index (χ0v) is 21.7. The zero-order chi connectivity index (χ0) is 26.5. The molecule has 0 saturated heterocycles. The first-order chi connectivity index (χ1) is 16.9. The minimum Gasteiger partial charge on any atom is -0.466 e. The van der Waals surface area contributed by atoms with Crippen LogP contribution in [0.1, 0.15) is 54.8 Å². The molecule has 0 amide bonds. The van der Waals surface area contributed by atoms with Crippen molar-refractivity contribution < 1.29 is 31.5 Å². The topological polar surface area (TPSA) is 140 Å². The summed E-state index contributed by atoms with van der Waals surface area (Å²) in [6, 6.07) is 3.24. The molecule has 198 valence electrons. The number of rotatable bonds is 11. The predicted octanol–water partition coefficient (Wildman–Crippen LogP) is 3.32. The van der Waals surface area contributed by atoms with Crippen LogP contribution in [0.25, 0.3) is 0 Å². The van der Waals surface area contributed by atoms with Crippen molar-refractivity contribution in [3.05, 3.63) is 40.3 Å². The van der Waals surface area contributed by atoms with Crippen LogP contribution in [-0.2, 0) is 19.6 Å². The van der Waals surface area contributed by atoms with Crippen LogP contribution >= 0.6 is 11.3 Å². The maximum absolute atomic E-state index is 14.0. The summed E-state index contributed by atoms with van der Waals surface area (Å²) < 4.78 is 60.1. The SMILES string of the molecule is CC(=O)OC[C@@H](C)CS(=O)(=O)NCC1CCC(Nc2nc(N)c(C(=O)c3c(F)cccc3F)s2)CC1. The Labute approximate surface area is 212 Å². The lowest BCUT2D eigenvalue weighted by molar-refractivity contribution is -0.141. The van der Waals surface area contributed by atoms with Crippen LogP contribution < -0.4 is 15.8 Å². The third-order valence-corrected chi connectivity index (χ3v) is 8.51. The van der Waals surface area contributed by atoms with Crippen LogP contribution in [0.15, 0.2) is 18.2 Å². The Morgan fingerprint density at radius 3 is 2.47 bits per heavy atom. The Morgan fingerprint density at radius 2 is 1.86 bits per heavy atom. The van der Waals surface area contributed by atoms with Crippen molar-refractivity contribution in [2.24, 2.45) is 11.8 Å². The van der Waals surface area contributed by atoms with Gasteiger partial charge >= 0.3 is 5.97 Å². The molecule has 1 aliphatic carbocycles. The Bertz CT molecular complexity index is 1180. The van der Waals surface area contributed by atoms with Crippen LogP contribution in [0, 0.1) is 23.5 Å². The van der Waals surface area contributed by atoms with Crippen molar-refractivity contribution in [1.29, 1.82) is 0 Å². The zero-order valence-electron chi connectivity index (χ0n) is 20.1. The molecule has 0 radical (unpaired) electrons. The quantitative estimate of drug-likeness (QED) is 0.289. The lowest BCUT2D eigenvalue weighted by Gasteiger charge is -2.29. The van der Waals surface area contributed by atoms with E-state index in [1.54, 1.807) is 6.92 Å². The van der Waals surface area contributed by atoms with E-state index in [1.165, 1.54) is 13.0 Å². The summed E-state index contributed by atoms with van der Waals surface area (Å²) in [4.78, 5) is 27.6. The number of benzene rings is 1. The summed E-state index contributed by atoms with van der Waals surface area (Å²) in [6.45, 7) is 3.36. The second-order valence-corrected chi connectivity index (χ2v) is 11.9. The van der Waals surface area contributed by atoms with Crippen molar-refractivity contribution in [3.63, 3.8) is 0 Å². The van der Waals surface area contributed by atoms with Gasteiger partial charge in [-0.3, -0.25) is 9.59 Å². The number of carbonyl (C=O) groups is 2. The summed E-state index contributed by atoms with van der Waals surface area (Å²) in [5.41, 5.74) is 5.20. The number of sulfonamides is 1. The molecule has 4 N–H and O–H groups in total. The number of aromatic nitrogens is 1. The molecular formula is C23H30F2N4O5S2. The molecule has 9 nitrogen and oxygen atoms in total. The molecule has 0 spiro atoms. The first-order valence-corrected chi connectivity index (χ1v) is 14.0. The number of esters is 1. The molecule has 2 aromatic rings. The molecule has 1 aromatic heterocycles. The lowest BCUT2D eigenvalue weighted by Crippen LogP contribution is -2.36. The number of nitrogens with zero attached hydrogens (tertiary/aromatic N) is 1. The number of anilines is 2. The van der Waals surface area contributed by atoms with E-state index >= 15 is 0 Å². The fraction of sp³-hybridized carbons (Fsp3) is 0.522. The average Bonchev–Trinajstić information content (AvgIpc) is 3.16. The highest BCUT2D eigenvalue weighted by atomic mass is 32.2. The number of ether oxygens (including phenoxy) is 1. The third kappa shape index (κ3) is 7.68. The number of hydrogen-bond acceptors (Lipinski definition) is 9. The van der Waals surface area contributed by atoms with Gasteiger partial charge in [0, 0.05) is 25.4 Å². The molecule has 0 bridgehead atoms. The predicted molar refractivity (Wildman–Crippen MR) is 133 cm³/mol. The Balaban J connectivity index is 1.48. The maximum Gasteiger partial charge on any atom is 0.302 e. The van der Waals surface area contributed by atoms with E-state index < -0.39 is 39.0 Å². The highest BCUT2D eigenvalue weighted by Crippen LogP contribution is 2.32. The maximum atomic E-state index is 14.0. The van der Waals surface area contributed by atoms with Gasteiger partial charge in [-0.15, -0.1) is 0 Å². The number of hydrogen-bond donors (Lipinski definition) is 3. The molecule has 1 fully saturated rings. The van der Waals surface area contributed by atoms with Crippen LogP contribution in [-0.4, -0.2) is 50.1 Å². The van der Waals surface area contributed by atoms with Gasteiger partial charge in [0.05, 0.1) is 17.9 Å². The van der Waals surface area contributed by atoms with Crippen LogP contribution in [0.2, 0.25) is 0 Å². The van der Waals surface area contributed by atoms with Gasteiger partial charge in [0.2, 0.25) is 15.8 Å². The normalized spacial score (nSPS) is 19.0. The van der Waals surface area contributed by atoms with Crippen molar-refractivity contribution in [3.8, 4) is 0 Å². The van der Waals surface area contributed by atoms with Crippen molar-refractivity contribution in [1.82, 2.24) is 9.71 Å². The largest absolute Gasteiger partial charge is 0.466 e. The van der Waals surface area contributed by atoms with Gasteiger partial charge in [0.1, 0.15) is 22.3 Å².